The van der Waals surface area contributed by atoms with Gasteiger partial charge in [-0.15, -0.1) is 0 Å². The molecule has 2 amide bonds. The molecule has 2 aliphatic heterocycles. The van der Waals surface area contributed by atoms with Crippen LogP contribution in [0.25, 0.3) is 0 Å². The van der Waals surface area contributed by atoms with Gasteiger partial charge in [0, 0.05) is 6.04 Å². The van der Waals surface area contributed by atoms with Crippen molar-refractivity contribution in [1.29, 1.82) is 0 Å². The van der Waals surface area contributed by atoms with E-state index in [1.54, 1.807) is 20.8 Å². The summed E-state index contributed by atoms with van der Waals surface area (Å²) >= 11 is 0. The highest BCUT2D eigenvalue weighted by Crippen LogP contribution is 2.29. The minimum absolute atomic E-state index is 0.122. The van der Waals surface area contributed by atoms with Gasteiger partial charge in [0.15, 0.2) is 0 Å². The van der Waals surface area contributed by atoms with Crippen LogP contribution in [-0.4, -0.2) is 51.7 Å². The first-order valence-corrected chi connectivity index (χ1v) is 7.88. The first-order chi connectivity index (χ1) is 10.7. The van der Waals surface area contributed by atoms with Crippen LogP contribution in [0.4, 0.5) is 4.79 Å². The molecule has 0 aromatic heterocycles. The van der Waals surface area contributed by atoms with Crippen molar-refractivity contribution in [2.75, 3.05) is 0 Å². The Kier molecular flexibility index (Phi) is 4.97. The van der Waals surface area contributed by atoms with Crippen LogP contribution in [0.1, 0.15) is 46.5 Å². The summed E-state index contributed by atoms with van der Waals surface area (Å²) in [6.45, 7) is 5.22. The number of fused-ring (bicyclic) bond motifs is 1. The molecule has 0 radical (unpaired) electrons. The predicted octanol–water partition coefficient (Wildman–Crippen LogP) is 1.67. The van der Waals surface area contributed by atoms with E-state index in [1.807, 2.05) is 12.2 Å². The van der Waals surface area contributed by atoms with Crippen molar-refractivity contribution in [3.8, 4) is 0 Å². The third-order valence-electron chi connectivity index (χ3n) is 3.98. The van der Waals surface area contributed by atoms with Gasteiger partial charge in [-0.3, -0.25) is 4.79 Å². The number of ether oxygens (including phenoxy) is 1. The van der Waals surface area contributed by atoms with Crippen LogP contribution in [0.15, 0.2) is 12.2 Å². The van der Waals surface area contributed by atoms with Crippen LogP contribution >= 0.6 is 0 Å². The average Bonchev–Trinajstić information content (AvgIpc) is 2.81. The molecule has 7 nitrogen and oxygen atoms in total. The molecule has 1 saturated heterocycles. The second-order valence-electron chi connectivity index (χ2n) is 6.97. The third-order valence-corrected chi connectivity index (χ3v) is 3.98. The van der Waals surface area contributed by atoms with E-state index < -0.39 is 29.7 Å². The summed E-state index contributed by atoms with van der Waals surface area (Å²) < 4.78 is 5.19. The number of nitrogens with zero attached hydrogens (tertiary/aromatic N) is 1. The summed E-state index contributed by atoms with van der Waals surface area (Å²) in [5.41, 5.74) is -0.662. The van der Waals surface area contributed by atoms with E-state index in [4.69, 9.17) is 4.74 Å². The fraction of sp³-hybridized carbons (Fsp3) is 0.688. The van der Waals surface area contributed by atoms with Gasteiger partial charge >= 0.3 is 12.1 Å². The summed E-state index contributed by atoms with van der Waals surface area (Å²) in [5.74, 6) is -1.35. The number of carboxylic acids is 1. The maximum absolute atomic E-state index is 12.8. The molecule has 1 fully saturated rings. The molecule has 3 atom stereocenters. The minimum Gasteiger partial charge on any atom is -0.480 e. The lowest BCUT2D eigenvalue weighted by Gasteiger charge is -2.33. The van der Waals surface area contributed by atoms with Crippen LogP contribution in [0, 0.1) is 0 Å². The van der Waals surface area contributed by atoms with Gasteiger partial charge in [0.05, 0.1) is 0 Å². The number of rotatable bonds is 2. The number of carbonyl (C=O) groups excluding carboxylic acids is 2. The lowest BCUT2D eigenvalue weighted by molar-refractivity contribution is -0.150. The lowest BCUT2D eigenvalue weighted by Crippen LogP contribution is -2.54. The van der Waals surface area contributed by atoms with Crippen molar-refractivity contribution in [1.82, 2.24) is 10.2 Å². The fourth-order valence-electron chi connectivity index (χ4n) is 3.03. The van der Waals surface area contributed by atoms with Gasteiger partial charge in [-0.2, -0.15) is 0 Å². The number of amides is 2. The Morgan fingerprint density at radius 1 is 1.26 bits per heavy atom. The number of hydrogen-bond acceptors (Lipinski definition) is 4. The van der Waals surface area contributed by atoms with Crippen molar-refractivity contribution < 1.29 is 24.2 Å². The predicted molar refractivity (Wildman–Crippen MR) is 82.8 cm³/mol. The Morgan fingerprint density at radius 3 is 2.52 bits per heavy atom. The quantitative estimate of drug-likeness (QED) is 0.753. The third kappa shape index (κ3) is 4.24. The van der Waals surface area contributed by atoms with Crippen LogP contribution in [0.5, 0.6) is 0 Å². The molecule has 3 unspecified atom stereocenters. The summed E-state index contributed by atoms with van der Waals surface area (Å²) in [6.07, 6.45) is 5.20. The van der Waals surface area contributed by atoms with E-state index in [2.05, 4.69) is 5.32 Å². The van der Waals surface area contributed by atoms with Crippen molar-refractivity contribution in [2.24, 2.45) is 0 Å². The largest absolute Gasteiger partial charge is 0.480 e. The molecule has 0 aromatic carbocycles. The summed E-state index contributed by atoms with van der Waals surface area (Å²) in [7, 11) is 0. The summed E-state index contributed by atoms with van der Waals surface area (Å²) in [6, 6.07) is -1.74. The van der Waals surface area contributed by atoms with Crippen molar-refractivity contribution >= 4 is 18.0 Å². The molecule has 23 heavy (non-hydrogen) atoms. The molecule has 2 aliphatic rings. The smallest absolute Gasteiger partial charge is 0.408 e. The minimum atomic E-state index is -0.999. The standard InChI is InChI=1S/C16H24N2O5/c1-16(2,3)23-15(22)17-11-7-5-4-6-10-8-9-12(14(20)21)18(10)13(11)19/h4-5,10-12H,6-9H2,1-3H3,(H,17,22)(H,20,21)/b5-4-. The molecule has 0 spiro atoms. The molecule has 2 rings (SSSR count). The van der Waals surface area contributed by atoms with Crippen molar-refractivity contribution in [3.63, 3.8) is 0 Å². The van der Waals surface area contributed by atoms with Gasteiger partial charge in [0.25, 0.3) is 0 Å². The Morgan fingerprint density at radius 2 is 1.91 bits per heavy atom. The van der Waals surface area contributed by atoms with Crippen LogP contribution in [0.3, 0.4) is 0 Å². The van der Waals surface area contributed by atoms with Gasteiger partial charge in [-0.25, -0.2) is 9.59 Å². The molecular weight excluding hydrogens is 300 g/mol. The number of nitrogens with one attached hydrogen (secondary N) is 1. The van der Waals surface area contributed by atoms with Gasteiger partial charge in [-0.05, 0) is 46.5 Å². The van der Waals surface area contributed by atoms with Gasteiger partial charge in [0.1, 0.15) is 17.7 Å². The van der Waals surface area contributed by atoms with E-state index in [1.165, 1.54) is 4.90 Å². The molecule has 128 valence electrons. The van der Waals surface area contributed by atoms with Crippen LogP contribution in [0.2, 0.25) is 0 Å². The summed E-state index contributed by atoms with van der Waals surface area (Å²) in [5, 5.41) is 11.9. The monoisotopic (exact) mass is 324 g/mol. The second-order valence-corrected chi connectivity index (χ2v) is 6.97. The number of carbonyl (C=O) groups is 3. The van der Waals surface area contributed by atoms with E-state index in [0.717, 1.165) is 0 Å². The highest BCUT2D eigenvalue weighted by Gasteiger charge is 2.43. The Bertz CT molecular complexity index is 523. The highest BCUT2D eigenvalue weighted by atomic mass is 16.6. The Labute approximate surface area is 135 Å². The molecule has 0 aromatic rings. The zero-order valence-corrected chi connectivity index (χ0v) is 13.7. The Balaban J connectivity index is 2.14. The van der Waals surface area contributed by atoms with Crippen LogP contribution < -0.4 is 5.32 Å². The van der Waals surface area contributed by atoms with Gasteiger partial charge < -0.3 is 20.1 Å². The van der Waals surface area contributed by atoms with Crippen molar-refractivity contribution in [2.45, 2.75) is 70.2 Å². The molecule has 2 N–H and O–H groups in total. The normalized spacial score (nSPS) is 29.3. The van der Waals surface area contributed by atoms with Gasteiger partial charge in [0.2, 0.25) is 5.91 Å². The maximum atomic E-state index is 12.8. The van der Waals surface area contributed by atoms with Gasteiger partial charge in [-0.1, -0.05) is 12.2 Å². The number of carboxylic acid groups (broad SMARTS) is 1. The Hall–Kier alpha value is -2.05. The number of hydrogen-bond donors (Lipinski definition) is 2. The zero-order chi connectivity index (χ0) is 17.2. The number of alkyl carbamates (subject to hydrolysis) is 1. The van der Waals surface area contributed by atoms with E-state index in [0.29, 0.717) is 25.7 Å². The molecule has 0 bridgehead atoms. The molecule has 7 heteroatoms. The van der Waals surface area contributed by atoms with E-state index in [9.17, 15) is 19.5 Å². The van der Waals surface area contributed by atoms with Crippen molar-refractivity contribution in [3.05, 3.63) is 12.2 Å². The topological polar surface area (TPSA) is 95.9 Å². The van der Waals surface area contributed by atoms with Crippen LogP contribution in [-0.2, 0) is 14.3 Å². The molecule has 2 heterocycles. The number of aliphatic carboxylic acids is 1. The molecule has 0 saturated carbocycles. The van der Waals surface area contributed by atoms with E-state index >= 15 is 0 Å². The first kappa shape index (κ1) is 17.3. The maximum Gasteiger partial charge on any atom is 0.408 e. The lowest BCUT2D eigenvalue weighted by atomic mass is 10.0. The summed E-state index contributed by atoms with van der Waals surface area (Å²) in [4.78, 5) is 37.5. The fourth-order valence-corrected chi connectivity index (χ4v) is 3.03. The van der Waals surface area contributed by atoms with E-state index in [-0.39, 0.29) is 11.9 Å². The zero-order valence-electron chi connectivity index (χ0n) is 13.7. The SMILES string of the molecule is CC(C)(C)OC(=O)NC1C/C=C\CC2CCC(C(=O)O)N2C1=O. The first-order valence-electron chi connectivity index (χ1n) is 7.88. The average molecular weight is 324 g/mol. The molecule has 0 aliphatic carbocycles. The second kappa shape index (κ2) is 6.60. The molecular formula is C16H24N2O5. The highest BCUT2D eigenvalue weighted by molar-refractivity contribution is 5.90.